The molecule has 0 fully saturated rings. The van der Waals surface area contributed by atoms with Crippen LogP contribution in [0.2, 0.25) is 0 Å². The van der Waals surface area contributed by atoms with E-state index in [1.165, 1.54) is 32.1 Å². The lowest BCUT2D eigenvalue weighted by atomic mass is 9.61. The number of aromatic nitrogens is 2. The average molecular weight is 303 g/mol. The highest BCUT2D eigenvalue weighted by Crippen LogP contribution is 2.47. The van der Waals surface area contributed by atoms with Crippen molar-refractivity contribution in [2.75, 3.05) is 0 Å². The Labute approximate surface area is 133 Å². The topological polar surface area (TPSA) is 17.8 Å². The summed E-state index contributed by atoms with van der Waals surface area (Å²) in [6.45, 7) is 3.60. The van der Waals surface area contributed by atoms with Crippen LogP contribution in [0.3, 0.4) is 0 Å². The van der Waals surface area contributed by atoms with Crippen LogP contribution in [0.4, 0.5) is 0 Å². The van der Waals surface area contributed by atoms with E-state index in [9.17, 15) is 0 Å². The Morgan fingerprint density at radius 3 is 3.00 bits per heavy atom. The van der Waals surface area contributed by atoms with E-state index in [1.807, 2.05) is 12.5 Å². The third-order valence-electron chi connectivity index (χ3n) is 5.29. The van der Waals surface area contributed by atoms with Crippen LogP contribution in [0, 0.1) is 5.92 Å². The van der Waals surface area contributed by atoms with Gasteiger partial charge < -0.3 is 4.57 Å². The van der Waals surface area contributed by atoms with Gasteiger partial charge in [0.05, 0.1) is 6.33 Å². The molecule has 1 aromatic heterocycles. The highest BCUT2D eigenvalue weighted by atomic mass is 35.5. The zero-order valence-corrected chi connectivity index (χ0v) is 13.4. The minimum atomic E-state index is 0. The van der Waals surface area contributed by atoms with Crippen LogP contribution in [-0.2, 0) is 24.8 Å². The van der Waals surface area contributed by atoms with E-state index in [0.29, 0.717) is 5.41 Å². The quantitative estimate of drug-likeness (QED) is 0.814. The molecule has 2 aliphatic rings. The zero-order valence-electron chi connectivity index (χ0n) is 12.6. The molecule has 0 radical (unpaired) electrons. The smallest absolute Gasteiger partial charge is 0.0945 e. The highest BCUT2D eigenvalue weighted by molar-refractivity contribution is 5.85. The third-order valence-corrected chi connectivity index (χ3v) is 5.29. The molecule has 0 saturated heterocycles. The number of aryl methyl sites for hydroxylation is 1. The first-order chi connectivity index (χ1) is 9.74. The molecule has 3 heteroatoms. The highest BCUT2D eigenvalue weighted by Gasteiger charge is 2.39. The lowest BCUT2D eigenvalue weighted by molar-refractivity contribution is 0.251. The van der Waals surface area contributed by atoms with Crippen molar-refractivity contribution in [3.63, 3.8) is 0 Å². The first kappa shape index (κ1) is 14.6. The fourth-order valence-corrected chi connectivity index (χ4v) is 4.65. The number of benzene rings is 1. The van der Waals surface area contributed by atoms with Gasteiger partial charge >= 0.3 is 0 Å². The molecule has 2 aliphatic carbocycles. The van der Waals surface area contributed by atoms with Crippen molar-refractivity contribution in [2.45, 2.75) is 51.0 Å². The van der Waals surface area contributed by atoms with Crippen molar-refractivity contribution in [2.24, 2.45) is 5.92 Å². The van der Waals surface area contributed by atoms with Crippen molar-refractivity contribution < 1.29 is 0 Å². The summed E-state index contributed by atoms with van der Waals surface area (Å²) >= 11 is 0. The van der Waals surface area contributed by atoms with E-state index in [0.717, 1.165) is 12.5 Å². The molecule has 0 saturated carbocycles. The van der Waals surface area contributed by atoms with Crippen molar-refractivity contribution in [1.82, 2.24) is 9.55 Å². The van der Waals surface area contributed by atoms with Gasteiger partial charge in [0.2, 0.25) is 0 Å². The Bertz CT molecular complexity index is 620. The Morgan fingerprint density at radius 2 is 2.19 bits per heavy atom. The summed E-state index contributed by atoms with van der Waals surface area (Å²) < 4.78 is 2.24. The molecule has 2 atom stereocenters. The standard InChI is InChI=1S/C18H22N2.ClH/c1-18-7-3-6-15-4-2-5-16(17(15)18)10-14(11-18)12-20-9-8-19-13-20;/h2,4-5,8-9,13-14H,3,6-7,10-12H2,1H3;1H. The summed E-state index contributed by atoms with van der Waals surface area (Å²) in [7, 11) is 0. The molecule has 1 aromatic carbocycles. The largest absolute Gasteiger partial charge is 0.337 e. The predicted molar refractivity (Wildman–Crippen MR) is 88.0 cm³/mol. The van der Waals surface area contributed by atoms with Crippen LogP contribution in [0.15, 0.2) is 36.9 Å². The van der Waals surface area contributed by atoms with Gasteiger partial charge in [-0.15, -0.1) is 12.4 Å². The molecule has 2 nitrogen and oxygen atoms in total. The Hall–Kier alpha value is -1.28. The zero-order chi connectivity index (χ0) is 13.6. The van der Waals surface area contributed by atoms with Crippen molar-refractivity contribution in [3.05, 3.63) is 53.6 Å². The third kappa shape index (κ3) is 2.50. The van der Waals surface area contributed by atoms with E-state index in [1.54, 1.807) is 16.7 Å². The summed E-state index contributed by atoms with van der Waals surface area (Å²) in [6, 6.07) is 6.98. The van der Waals surface area contributed by atoms with Gasteiger partial charge in [0.15, 0.2) is 0 Å². The lowest BCUT2D eigenvalue weighted by Crippen LogP contribution is -2.37. The normalized spacial score (nSPS) is 26.8. The second kappa shape index (κ2) is 5.49. The molecule has 0 spiro atoms. The second-order valence-electron chi connectivity index (χ2n) is 6.90. The summed E-state index contributed by atoms with van der Waals surface area (Å²) in [6.07, 6.45) is 12.5. The van der Waals surface area contributed by atoms with Gasteiger partial charge in [-0.05, 0) is 60.1 Å². The van der Waals surface area contributed by atoms with Gasteiger partial charge in [0.25, 0.3) is 0 Å². The lowest BCUT2D eigenvalue weighted by Gasteiger charge is -2.44. The first-order valence-corrected chi connectivity index (χ1v) is 7.82. The number of rotatable bonds is 2. The molecule has 21 heavy (non-hydrogen) atoms. The van der Waals surface area contributed by atoms with Crippen LogP contribution in [-0.4, -0.2) is 9.55 Å². The maximum Gasteiger partial charge on any atom is 0.0945 e. The monoisotopic (exact) mass is 302 g/mol. The molecule has 4 rings (SSSR count). The molecule has 1 heterocycles. The van der Waals surface area contributed by atoms with E-state index in [2.05, 4.69) is 40.9 Å². The van der Waals surface area contributed by atoms with Crippen LogP contribution >= 0.6 is 12.4 Å². The van der Waals surface area contributed by atoms with Crippen LogP contribution in [0.1, 0.15) is 42.9 Å². The first-order valence-electron chi connectivity index (χ1n) is 7.82. The molecule has 0 N–H and O–H groups in total. The summed E-state index contributed by atoms with van der Waals surface area (Å²) in [5.41, 5.74) is 5.35. The minimum Gasteiger partial charge on any atom is -0.337 e. The van der Waals surface area contributed by atoms with Gasteiger partial charge in [-0.2, -0.15) is 0 Å². The van der Waals surface area contributed by atoms with Gasteiger partial charge in [-0.25, -0.2) is 4.98 Å². The van der Waals surface area contributed by atoms with Gasteiger partial charge in [-0.1, -0.05) is 25.1 Å². The van der Waals surface area contributed by atoms with Crippen molar-refractivity contribution >= 4 is 12.4 Å². The molecule has 112 valence electrons. The van der Waals surface area contributed by atoms with Crippen LogP contribution in [0.5, 0.6) is 0 Å². The Balaban J connectivity index is 0.00000132. The number of nitrogens with zero attached hydrogens (tertiary/aromatic N) is 2. The number of hydrogen-bond acceptors (Lipinski definition) is 1. The SMILES string of the molecule is CC12CCCc3cccc(c31)CC(Cn1ccnc1)C2.Cl. The molecular weight excluding hydrogens is 280 g/mol. The molecule has 2 aromatic rings. The number of halogens is 1. The fourth-order valence-electron chi connectivity index (χ4n) is 4.65. The molecule has 2 unspecified atom stereocenters. The fraction of sp³-hybridized carbons (Fsp3) is 0.500. The van der Waals surface area contributed by atoms with E-state index < -0.39 is 0 Å². The molecular formula is C18H23ClN2. The summed E-state index contributed by atoms with van der Waals surface area (Å²) in [5, 5.41) is 0. The average Bonchev–Trinajstić information content (AvgIpc) is 2.91. The van der Waals surface area contributed by atoms with Gasteiger partial charge in [0.1, 0.15) is 0 Å². The molecule has 0 amide bonds. The second-order valence-corrected chi connectivity index (χ2v) is 6.90. The Morgan fingerprint density at radius 1 is 1.33 bits per heavy atom. The van der Waals surface area contributed by atoms with Crippen LogP contribution < -0.4 is 0 Å². The predicted octanol–water partition coefficient (Wildman–Crippen LogP) is 4.16. The molecule has 0 bridgehead atoms. The maximum atomic E-state index is 4.18. The number of hydrogen-bond donors (Lipinski definition) is 0. The van der Waals surface area contributed by atoms with Gasteiger partial charge in [0, 0.05) is 18.9 Å². The minimum absolute atomic E-state index is 0. The van der Waals surface area contributed by atoms with Crippen molar-refractivity contribution in [3.8, 4) is 0 Å². The van der Waals surface area contributed by atoms with E-state index in [4.69, 9.17) is 0 Å². The Kier molecular flexibility index (Phi) is 3.83. The molecule has 0 aliphatic heterocycles. The van der Waals surface area contributed by atoms with E-state index in [-0.39, 0.29) is 12.4 Å². The summed E-state index contributed by atoms with van der Waals surface area (Å²) in [4.78, 5) is 4.18. The van der Waals surface area contributed by atoms with E-state index >= 15 is 0 Å². The van der Waals surface area contributed by atoms with Crippen molar-refractivity contribution in [1.29, 1.82) is 0 Å². The van der Waals surface area contributed by atoms with Gasteiger partial charge in [-0.3, -0.25) is 0 Å². The summed E-state index contributed by atoms with van der Waals surface area (Å²) in [5.74, 6) is 0.745. The van der Waals surface area contributed by atoms with Crippen LogP contribution in [0.25, 0.3) is 0 Å². The maximum absolute atomic E-state index is 4.18. The number of imidazole rings is 1.